The zero-order valence-corrected chi connectivity index (χ0v) is 14.2. The highest BCUT2D eigenvalue weighted by Crippen LogP contribution is 2.25. The summed E-state index contributed by atoms with van der Waals surface area (Å²) in [5.74, 6) is 0.494. The average molecular weight is 323 g/mol. The maximum Gasteiger partial charge on any atom is 0.305 e. The smallest absolute Gasteiger partial charge is 0.305 e. The molecule has 6 heteroatoms. The number of carbonyl (C=O) groups excluding carboxylic acids is 1. The van der Waals surface area contributed by atoms with Crippen LogP contribution in [0.3, 0.4) is 0 Å². The maximum absolute atomic E-state index is 12.6. The Hall–Kier alpha value is -2.24. The lowest BCUT2D eigenvalue weighted by Gasteiger charge is -2.24. The summed E-state index contributed by atoms with van der Waals surface area (Å²) in [6.07, 6.45) is 0.0837. The van der Waals surface area contributed by atoms with Crippen molar-refractivity contribution in [1.82, 2.24) is 4.90 Å². The van der Waals surface area contributed by atoms with Crippen molar-refractivity contribution in [3.63, 3.8) is 0 Å². The van der Waals surface area contributed by atoms with E-state index in [1.165, 1.54) is 0 Å². The summed E-state index contributed by atoms with van der Waals surface area (Å²) < 4.78 is 10.5. The molecular weight excluding hydrogens is 298 g/mol. The first-order chi connectivity index (χ1) is 10.9. The van der Waals surface area contributed by atoms with E-state index in [0.29, 0.717) is 18.0 Å². The third-order valence-corrected chi connectivity index (χ3v) is 3.36. The summed E-state index contributed by atoms with van der Waals surface area (Å²) in [7, 11) is 3.11. The van der Waals surface area contributed by atoms with E-state index in [0.717, 1.165) is 5.56 Å². The number of amides is 1. The SMILES string of the molecule is COc1ccc(OC)c(CC(=O)N(CCC(=O)O)CC(C)C)c1. The fourth-order valence-electron chi connectivity index (χ4n) is 2.28. The maximum atomic E-state index is 12.6. The van der Waals surface area contributed by atoms with Crippen molar-refractivity contribution in [2.45, 2.75) is 26.7 Å². The van der Waals surface area contributed by atoms with Crippen molar-refractivity contribution < 1.29 is 24.2 Å². The van der Waals surface area contributed by atoms with E-state index in [1.54, 1.807) is 37.3 Å². The number of hydrogen-bond acceptors (Lipinski definition) is 4. The Morgan fingerprint density at radius 1 is 1.22 bits per heavy atom. The number of ether oxygens (including phenoxy) is 2. The third-order valence-electron chi connectivity index (χ3n) is 3.36. The quantitative estimate of drug-likeness (QED) is 0.754. The molecule has 1 aromatic carbocycles. The van der Waals surface area contributed by atoms with Crippen molar-refractivity contribution in [3.8, 4) is 11.5 Å². The topological polar surface area (TPSA) is 76.1 Å². The van der Waals surface area contributed by atoms with Gasteiger partial charge in [0.05, 0.1) is 27.1 Å². The molecule has 0 aliphatic heterocycles. The van der Waals surface area contributed by atoms with Gasteiger partial charge in [0, 0.05) is 18.7 Å². The van der Waals surface area contributed by atoms with Crippen LogP contribution in [0.1, 0.15) is 25.8 Å². The highest BCUT2D eigenvalue weighted by atomic mass is 16.5. The zero-order chi connectivity index (χ0) is 17.4. The van der Waals surface area contributed by atoms with Crippen molar-refractivity contribution in [1.29, 1.82) is 0 Å². The van der Waals surface area contributed by atoms with Gasteiger partial charge >= 0.3 is 5.97 Å². The fourth-order valence-corrected chi connectivity index (χ4v) is 2.28. The van der Waals surface area contributed by atoms with Gasteiger partial charge in [-0.05, 0) is 24.1 Å². The molecule has 0 atom stereocenters. The van der Waals surface area contributed by atoms with Crippen LogP contribution in [0, 0.1) is 5.92 Å². The molecule has 1 rings (SSSR count). The molecule has 0 aliphatic rings. The predicted octanol–water partition coefficient (Wildman–Crippen LogP) is 2.21. The van der Waals surface area contributed by atoms with Crippen LogP contribution in [0.4, 0.5) is 0 Å². The van der Waals surface area contributed by atoms with Crippen molar-refractivity contribution in [3.05, 3.63) is 23.8 Å². The number of methoxy groups -OCH3 is 2. The van der Waals surface area contributed by atoms with Crippen LogP contribution in [0.2, 0.25) is 0 Å². The monoisotopic (exact) mass is 323 g/mol. The summed E-state index contributed by atoms with van der Waals surface area (Å²) in [4.78, 5) is 24.9. The number of nitrogens with zero attached hydrogens (tertiary/aromatic N) is 1. The largest absolute Gasteiger partial charge is 0.497 e. The Morgan fingerprint density at radius 2 is 1.91 bits per heavy atom. The summed E-state index contributed by atoms with van der Waals surface area (Å²) >= 11 is 0. The van der Waals surface area contributed by atoms with E-state index >= 15 is 0 Å². The lowest BCUT2D eigenvalue weighted by Crippen LogP contribution is -2.37. The molecule has 0 heterocycles. The minimum Gasteiger partial charge on any atom is -0.497 e. The molecule has 0 fully saturated rings. The summed E-state index contributed by atoms with van der Waals surface area (Å²) in [6, 6.07) is 5.29. The predicted molar refractivity (Wildman–Crippen MR) is 86.9 cm³/mol. The second-order valence-electron chi connectivity index (χ2n) is 5.73. The Balaban J connectivity index is 2.89. The van der Waals surface area contributed by atoms with Gasteiger partial charge in [-0.15, -0.1) is 0 Å². The molecule has 1 N–H and O–H groups in total. The lowest BCUT2D eigenvalue weighted by atomic mass is 10.1. The van der Waals surface area contributed by atoms with Gasteiger partial charge in [0.2, 0.25) is 5.91 Å². The first-order valence-electron chi connectivity index (χ1n) is 7.57. The highest BCUT2D eigenvalue weighted by Gasteiger charge is 2.18. The molecule has 128 valence electrons. The van der Waals surface area contributed by atoms with Crippen LogP contribution in [-0.2, 0) is 16.0 Å². The van der Waals surface area contributed by atoms with Crippen molar-refractivity contribution >= 4 is 11.9 Å². The van der Waals surface area contributed by atoms with Gasteiger partial charge in [0.1, 0.15) is 11.5 Å². The van der Waals surface area contributed by atoms with Gasteiger partial charge in [-0.1, -0.05) is 13.8 Å². The summed E-state index contributed by atoms with van der Waals surface area (Å²) in [5, 5.41) is 8.84. The van der Waals surface area contributed by atoms with Crippen LogP contribution < -0.4 is 9.47 Å². The second-order valence-corrected chi connectivity index (χ2v) is 5.73. The minimum absolute atomic E-state index is 0.0618. The molecular formula is C17H25NO5. The lowest BCUT2D eigenvalue weighted by molar-refractivity contribution is -0.138. The highest BCUT2D eigenvalue weighted by molar-refractivity contribution is 5.80. The summed E-state index contributed by atoms with van der Waals surface area (Å²) in [5.41, 5.74) is 0.723. The molecule has 0 radical (unpaired) electrons. The van der Waals surface area contributed by atoms with E-state index < -0.39 is 5.97 Å². The Kier molecular flexibility index (Phi) is 7.38. The van der Waals surface area contributed by atoms with E-state index in [9.17, 15) is 9.59 Å². The van der Waals surface area contributed by atoms with E-state index in [-0.39, 0.29) is 31.2 Å². The molecule has 0 saturated heterocycles. The standard InChI is InChI=1S/C17H25NO5/c1-12(2)11-18(8-7-17(20)21)16(19)10-13-9-14(22-3)5-6-15(13)23-4/h5-6,9,12H,7-8,10-11H2,1-4H3,(H,20,21). The normalized spacial score (nSPS) is 10.5. The molecule has 1 aromatic rings. The average Bonchev–Trinajstić information content (AvgIpc) is 2.50. The first-order valence-corrected chi connectivity index (χ1v) is 7.57. The van der Waals surface area contributed by atoms with E-state index in [1.807, 2.05) is 13.8 Å². The molecule has 6 nitrogen and oxygen atoms in total. The number of benzene rings is 1. The molecule has 0 aliphatic carbocycles. The van der Waals surface area contributed by atoms with Crippen LogP contribution in [0.25, 0.3) is 0 Å². The van der Waals surface area contributed by atoms with Crippen LogP contribution in [0.5, 0.6) is 11.5 Å². The Bertz CT molecular complexity index is 542. The van der Waals surface area contributed by atoms with E-state index in [4.69, 9.17) is 14.6 Å². The van der Waals surface area contributed by atoms with Gasteiger partial charge in [-0.3, -0.25) is 9.59 Å². The van der Waals surface area contributed by atoms with Crippen LogP contribution >= 0.6 is 0 Å². The molecule has 0 aromatic heterocycles. The second kappa shape index (κ2) is 9.02. The van der Waals surface area contributed by atoms with Gasteiger partial charge in [-0.25, -0.2) is 0 Å². The molecule has 0 spiro atoms. The Labute approximate surface area is 137 Å². The molecule has 1 amide bonds. The number of aliphatic carboxylic acids is 1. The van der Waals surface area contributed by atoms with Crippen LogP contribution in [0.15, 0.2) is 18.2 Å². The molecule has 0 bridgehead atoms. The van der Waals surface area contributed by atoms with E-state index in [2.05, 4.69) is 0 Å². The van der Waals surface area contributed by atoms with Crippen molar-refractivity contribution in [2.24, 2.45) is 5.92 Å². The van der Waals surface area contributed by atoms with Gasteiger partial charge in [0.15, 0.2) is 0 Å². The van der Waals surface area contributed by atoms with Gasteiger partial charge in [-0.2, -0.15) is 0 Å². The zero-order valence-electron chi connectivity index (χ0n) is 14.2. The number of carboxylic acids is 1. The number of hydrogen-bond donors (Lipinski definition) is 1. The molecule has 23 heavy (non-hydrogen) atoms. The molecule has 0 saturated carbocycles. The first kappa shape index (κ1) is 18.8. The van der Waals surface area contributed by atoms with Crippen molar-refractivity contribution in [2.75, 3.05) is 27.3 Å². The van der Waals surface area contributed by atoms with Crippen LogP contribution in [-0.4, -0.2) is 49.2 Å². The summed E-state index contributed by atoms with van der Waals surface area (Å²) in [6.45, 7) is 4.72. The number of carboxylic acid groups (broad SMARTS) is 1. The Morgan fingerprint density at radius 3 is 2.43 bits per heavy atom. The van der Waals surface area contributed by atoms with Gasteiger partial charge in [0.25, 0.3) is 0 Å². The van der Waals surface area contributed by atoms with Gasteiger partial charge < -0.3 is 19.5 Å². The fraction of sp³-hybridized carbons (Fsp3) is 0.529. The third kappa shape index (κ3) is 6.18. The minimum atomic E-state index is -0.912. The molecule has 0 unspecified atom stereocenters. The number of carbonyl (C=O) groups is 2. The number of rotatable bonds is 9.